The quantitative estimate of drug-likeness (QED) is 0.865. The molecule has 17 heavy (non-hydrogen) atoms. The molecule has 1 fully saturated rings. The van der Waals surface area contributed by atoms with Gasteiger partial charge in [0.2, 0.25) is 0 Å². The first-order valence-corrected chi connectivity index (χ1v) is 6.66. The summed E-state index contributed by atoms with van der Waals surface area (Å²) in [5, 5.41) is 4.27. The van der Waals surface area contributed by atoms with Crippen molar-refractivity contribution in [2.45, 2.75) is 44.7 Å². The van der Waals surface area contributed by atoms with Gasteiger partial charge in [-0.3, -0.25) is 9.58 Å². The summed E-state index contributed by atoms with van der Waals surface area (Å²) in [6, 6.07) is 1.12. The Morgan fingerprint density at radius 2 is 2.35 bits per heavy atom. The maximum Gasteiger partial charge on any atom is 0.0537 e. The molecule has 0 aliphatic carbocycles. The van der Waals surface area contributed by atoms with Crippen LogP contribution in [0.5, 0.6) is 0 Å². The van der Waals surface area contributed by atoms with Gasteiger partial charge >= 0.3 is 0 Å². The molecule has 2 N–H and O–H groups in total. The van der Waals surface area contributed by atoms with E-state index in [1.54, 1.807) is 0 Å². The van der Waals surface area contributed by atoms with E-state index in [1.165, 1.54) is 31.4 Å². The Balaban J connectivity index is 2.07. The van der Waals surface area contributed by atoms with E-state index in [0.29, 0.717) is 12.1 Å². The molecule has 0 spiro atoms. The molecule has 0 bridgehead atoms. The maximum absolute atomic E-state index is 5.72. The number of likely N-dealkylation sites (tertiary alicyclic amines) is 1. The zero-order valence-electron chi connectivity index (χ0n) is 11.0. The zero-order valence-corrected chi connectivity index (χ0v) is 11.0. The second kappa shape index (κ2) is 5.65. The minimum Gasteiger partial charge on any atom is -0.330 e. The lowest BCUT2D eigenvalue weighted by Crippen LogP contribution is -2.42. The van der Waals surface area contributed by atoms with Crippen LogP contribution in [0, 0.1) is 0 Å². The lowest BCUT2D eigenvalue weighted by atomic mass is 9.96. The molecule has 0 radical (unpaired) electrons. The molecule has 2 rings (SSSR count). The molecule has 4 nitrogen and oxygen atoms in total. The smallest absolute Gasteiger partial charge is 0.0537 e. The van der Waals surface area contributed by atoms with Crippen LogP contribution in [0.2, 0.25) is 0 Å². The van der Waals surface area contributed by atoms with Crippen LogP contribution in [0.15, 0.2) is 12.4 Å². The van der Waals surface area contributed by atoms with Crippen LogP contribution in [0.4, 0.5) is 0 Å². The molecule has 0 aromatic carbocycles. The summed E-state index contributed by atoms with van der Waals surface area (Å²) in [7, 11) is 1.98. The topological polar surface area (TPSA) is 47.1 Å². The average molecular weight is 236 g/mol. The lowest BCUT2D eigenvalue weighted by molar-refractivity contribution is 0.0984. The number of nitrogens with two attached hydrogens (primary N) is 1. The molecule has 0 saturated carbocycles. The predicted molar refractivity (Wildman–Crippen MR) is 69.6 cm³/mol. The molecule has 1 saturated heterocycles. The summed E-state index contributed by atoms with van der Waals surface area (Å²) in [4.78, 5) is 2.60. The fourth-order valence-electron chi connectivity index (χ4n) is 2.88. The Labute approximate surface area is 104 Å². The molecule has 4 heteroatoms. The highest BCUT2D eigenvalue weighted by Gasteiger charge is 2.27. The fraction of sp³-hybridized carbons (Fsp3) is 0.769. The van der Waals surface area contributed by atoms with Crippen molar-refractivity contribution in [3.63, 3.8) is 0 Å². The Bertz CT molecular complexity index is 345. The van der Waals surface area contributed by atoms with Crippen molar-refractivity contribution >= 4 is 0 Å². The van der Waals surface area contributed by atoms with E-state index >= 15 is 0 Å². The predicted octanol–water partition coefficient (Wildman–Crippen LogP) is 1.68. The van der Waals surface area contributed by atoms with Crippen LogP contribution in [0.25, 0.3) is 0 Å². The van der Waals surface area contributed by atoms with Gasteiger partial charge < -0.3 is 5.73 Å². The largest absolute Gasteiger partial charge is 0.330 e. The third kappa shape index (κ3) is 2.87. The van der Waals surface area contributed by atoms with Crippen molar-refractivity contribution in [2.24, 2.45) is 12.8 Å². The van der Waals surface area contributed by atoms with Crippen molar-refractivity contribution in [1.82, 2.24) is 14.7 Å². The minimum absolute atomic E-state index is 0.459. The van der Waals surface area contributed by atoms with Gasteiger partial charge in [-0.15, -0.1) is 0 Å². The van der Waals surface area contributed by atoms with Crippen molar-refractivity contribution in [1.29, 1.82) is 0 Å². The minimum atomic E-state index is 0.459. The molecule has 1 aromatic heterocycles. The second-order valence-electron chi connectivity index (χ2n) is 5.09. The molecular weight excluding hydrogens is 212 g/mol. The van der Waals surface area contributed by atoms with Crippen molar-refractivity contribution < 1.29 is 0 Å². The highest BCUT2D eigenvalue weighted by molar-refractivity contribution is 5.10. The number of nitrogens with zero attached hydrogens (tertiary/aromatic N) is 3. The summed E-state index contributed by atoms with van der Waals surface area (Å²) < 4.78 is 1.88. The number of hydrogen-bond acceptors (Lipinski definition) is 3. The number of piperidine rings is 1. The first-order chi connectivity index (χ1) is 8.22. The molecular formula is C13H24N4. The Hall–Kier alpha value is -0.870. The van der Waals surface area contributed by atoms with Gasteiger partial charge in [-0.1, -0.05) is 6.42 Å². The number of aryl methyl sites for hydroxylation is 1. The first kappa shape index (κ1) is 12.6. The summed E-state index contributed by atoms with van der Waals surface area (Å²) in [6.07, 6.45) is 9.18. The van der Waals surface area contributed by atoms with Crippen molar-refractivity contribution in [3.05, 3.63) is 18.0 Å². The van der Waals surface area contributed by atoms with Crippen LogP contribution >= 0.6 is 0 Å². The van der Waals surface area contributed by atoms with Crippen LogP contribution in [0.3, 0.4) is 0 Å². The lowest BCUT2D eigenvalue weighted by Gasteiger charge is -2.39. The van der Waals surface area contributed by atoms with Crippen molar-refractivity contribution in [2.75, 3.05) is 13.1 Å². The van der Waals surface area contributed by atoms with Crippen LogP contribution in [-0.4, -0.2) is 33.8 Å². The van der Waals surface area contributed by atoms with Gasteiger partial charge in [0.05, 0.1) is 6.20 Å². The summed E-state index contributed by atoms with van der Waals surface area (Å²) >= 11 is 0. The number of rotatable bonds is 4. The van der Waals surface area contributed by atoms with Crippen LogP contribution in [0.1, 0.15) is 44.2 Å². The van der Waals surface area contributed by atoms with E-state index in [0.717, 1.165) is 13.0 Å². The van der Waals surface area contributed by atoms with E-state index in [9.17, 15) is 0 Å². The van der Waals surface area contributed by atoms with Crippen LogP contribution < -0.4 is 5.73 Å². The van der Waals surface area contributed by atoms with Gasteiger partial charge in [-0.05, 0) is 39.3 Å². The number of hydrogen-bond donors (Lipinski definition) is 1. The first-order valence-electron chi connectivity index (χ1n) is 6.66. The highest BCUT2D eigenvalue weighted by Crippen LogP contribution is 2.29. The monoisotopic (exact) mass is 236 g/mol. The van der Waals surface area contributed by atoms with Crippen LogP contribution in [-0.2, 0) is 7.05 Å². The van der Waals surface area contributed by atoms with E-state index in [4.69, 9.17) is 5.73 Å². The normalized spacial score (nSPS) is 23.8. The van der Waals surface area contributed by atoms with Gasteiger partial charge in [-0.25, -0.2) is 0 Å². The summed E-state index contributed by atoms with van der Waals surface area (Å²) in [5.41, 5.74) is 7.04. The van der Waals surface area contributed by atoms with Crippen molar-refractivity contribution in [3.8, 4) is 0 Å². The molecule has 2 unspecified atom stereocenters. The Morgan fingerprint density at radius 1 is 1.53 bits per heavy atom. The standard InChI is InChI=1S/C13H24N4/c1-11(12-9-15-16(2)10-12)17-8-4-3-5-13(17)6-7-14/h9-11,13H,3-8,14H2,1-2H3. The van der Waals surface area contributed by atoms with Gasteiger partial charge in [0.25, 0.3) is 0 Å². The molecule has 1 aliphatic heterocycles. The molecule has 1 aromatic rings. The van der Waals surface area contributed by atoms with Gasteiger partial charge in [0.15, 0.2) is 0 Å². The fourth-order valence-corrected chi connectivity index (χ4v) is 2.88. The second-order valence-corrected chi connectivity index (χ2v) is 5.09. The van der Waals surface area contributed by atoms with Gasteiger partial charge in [-0.2, -0.15) is 5.10 Å². The third-order valence-electron chi connectivity index (χ3n) is 3.88. The molecule has 96 valence electrons. The molecule has 2 atom stereocenters. The van der Waals surface area contributed by atoms with Gasteiger partial charge in [0.1, 0.15) is 0 Å². The third-order valence-corrected chi connectivity index (χ3v) is 3.88. The Kier molecular flexibility index (Phi) is 4.18. The van der Waals surface area contributed by atoms with E-state index in [-0.39, 0.29) is 0 Å². The average Bonchev–Trinajstić information content (AvgIpc) is 2.76. The van der Waals surface area contributed by atoms with E-state index in [1.807, 2.05) is 17.9 Å². The summed E-state index contributed by atoms with van der Waals surface area (Å²) in [6.45, 7) is 4.27. The summed E-state index contributed by atoms with van der Waals surface area (Å²) in [5.74, 6) is 0. The van der Waals surface area contributed by atoms with Gasteiger partial charge in [0, 0.05) is 30.9 Å². The maximum atomic E-state index is 5.72. The van der Waals surface area contributed by atoms with E-state index in [2.05, 4.69) is 23.1 Å². The molecule has 1 aliphatic rings. The SMILES string of the molecule is CC(c1cnn(C)c1)N1CCCCC1CCN. The number of aromatic nitrogens is 2. The molecule has 2 heterocycles. The Morgan fingerprint density at radius 3 is 3.00 bits per heavy atom. The zero-order chi connectivity index (χ0) is 12.3. The molecule has 0 amide bonds. The van der Waals surface area contributed by atoms with E-state index < -0.39 is 0 Å². The highest BCUT2D eigenvalue weighted by atomic mass is 15.3.